The van der Waals surface area contributed by atoms with Crippen LogP contribution in [0.1, 0.15) is 28.9 Å². The Morgan fingerprint density at radius 2 is 1.89 bits per heavy atom. The maximum atomic E-state index is 12.2. The summed E-state index contributed by atoms with van der Waals surface area (Å²) in [5.41, 5.74) is 5.70. The highest BCUT2D eigenvalue weighted by Gasteiger charge is 2.17. The predicted molar refractivity (Wildman–Crippen MR) is 114 cm³/mol. The van der Waals surface area contributed by atoms with Crippen LogP contribution in [0.3, 0.4) is 0 Å². The molecule has 1 fully saturated rings. The molecule has 1 aromatic carbocycles. The topological polar surface area (TPSA) is 53.4 Å². The van der Waals surface area contributed by atoms with E-state index in [4.69, 9.17) is 0 Å². The number of hydrogen-bond donors (Lipinski definition) is 1. The van der Waals surface area contributed by atoms with Crippen LogP contribution in [-0.2, 0) is 18.3 Å². The van der Waals surface area contributed by atoms with Gasteiger partial charge in [-0.1, -0.05) is 12.1 Å². The Morgan fingerprint density at radius 1 is 1.14 bits per heavy atom. The lowest BCUT2D eigenvalue weighted by atomic mass is 10.1. The number of nitrogens with one attached hydrogen (secondary N) is 1. The van der Waals surface area contributed by atoms with Crippen molar-refractivity contribution >= 4 is 11.6 Å². The van der Waals surface area contributed by atoms with E-state index in [1.54, 1.807) is 0 Å². The summed E-state index contributed by atoms with van der Waals surface area (Å²) in [4.78, 5) is 17.2. The second kappa shape index (κ2) is 9.24. The van der Waals surface area contributed by atoms with Gasteiger partial charge in [0.2, 0.25) is 5.91 Å². The van der Waals surface area contributed by atoms with Crippen molar-refractivity contribution in [2.24, 2.45) is 7.05 Å². The molecule has 2 heterocycles. The molecule has 0 bridgehead atoms. The summed E-state index contributed by atoms with van der Waals surface area (Å²) in [5, 5.41) is 7.44. The molecule has 2 aromatic rings. The third-order valence-corrected chi connectivity index (χ3v) is 5.71. The van der Waals surface area contributed by atoms with Gasteiger partial charge in [-0.2, -0.15) is 5.10 Å². The third kappa shape index (κ3) is 5.13. The third-order valence-electron chi connectivity index (χ3n) is 5.71. The Morgan fingerprint density at radius 3 is 2.54 bits per heavy atom. The normalized spacial score (nSPS) is 15.1. The Balaban J connectivity index is 1.34. The second-order valence-corrected chi connectivity index (χ2v) is 7.82. The molecule has 28 heavy (non-hydrogen) atoms. The lowest BCUT2D eigenvalue weighted by Gasteiger charge is -2.36. The summed E-state index contributed by atoms with van der Waals surface area (Å²) in [6, 6.07) is 8.74. The van der Waals surface area contributed by atoms with Crippen molar-refractivity contribution in [2.45, 2.75) is 33.6 Å². The van der Waals surface area contributed by atoms with Crippen molar-refractivity contribution in [3.63, 3.8) is 0 Å². The molecule has 1 saturated heterocycles. The van der Waals surface area contributed by atoms with Gasteiger partial charge in [0.15, 0.2) is 0 Å². The highest BCUT2D eigenvalue weighted by atomic mass is 16.1. The first-order valence-corrected chi connectivity index (χ1v) is 10.2. The lowest BCUT2D eigenvalue weighted by molar-refractivity contribution is -0.120. The molecule has 1 N–H and O–H groups in total. The van der Waals surface area contributed by atoms with Gasteiger partial charge in [-0.05, 0) is 51.4 Å². The molecule has 6 heteroatoms. The highest BCUT2D eigenvalue weighted by Crippen LogP contribution is 2.17. The number of hydrogen-bond acceptors (Lipinski definition) is 4. The summed E-state index contributed by atoms with van der Waals surface area (Å²) in [6.07, 6.45) is 1.40. The standard InChI is InChI=1S/C22H33N5O/c1-17-7-5-8-20(15-17)27-13-11-26(12-14-27)10-6-9-23-22(28)16-21-18(2)24-25(4)19(21)3/h5,7-8,15H,6,9-14,16H2,1-4H3,(H,23,28). The molecule has 1 aliphatic rings. The van der Waals surface area contributed by atoms with Gasteiger partial charge in [0.05, 0.1) is 12.1 Å². The molecule has 152 valence electrons. The van der Waals surface area contributed by atoms with Crippen LogP contribution in [0, 0.1) is 20.8 Å². The zero-order valence-corrected chi connectivity index (χ0v) is 17.7. The summed E-state index contributed by atoms with van der Waals surface area (Å²) >= 11 is 0. The number of anilines is 1. The van der Waals surface area contributed by atoms with Gasteiger partial charge in [-0.3, -0.25) is 14.4 Å². The molecule has 1 amide bonds. The summed E-state index contributed by atoms with van der Waals surface area (Å²) in [5.74, 6) is 0.0865. The van der Waals surface area contributed by atoms with Crippen LogP contribution in [0.15, 0.2) is 24.3 Å². The molecular weight excluding hydrogens is 350 g/mol. The Labute approximate surface area is 168 Å². The van der Waals surface area contributed by atoms with E-state index in [-0.39, 0.29) is 5.91 Å². The number of amides is 1. The number of carbonyl (C=O) groups excluding carboxylic acids is 1. The van der Waals surface area contributed by atoms with Crippen LogP contribution in [0.5, 0.6) is 0 Å². The molecule has 1 aliphatic heterocycles. The van der Waals surface area contributed by atoms with Gasteiger partial charge >= 0.3 is 0 Å². The minimum Gasteiger partial charge on any atom is -0.369 e. The molecule has 0 unspecified atom stereocenters. The number of aryl methyl sites for hydroxylation is 3. The molecule has 0 radical (unpaired) electrons. The highest BCUT2D eigenvalue weighted by molar-refractivity contribution is 5.79. The summed E-state index contributed by atoms with van der Waals surface area (Å²) < 4.78 is 1.84. The minimum absolute atomic E-state index is 0.0865. The van der Waals surface area contributed by atoms with Crippen molar-refractivity contribution < 1.29 is 4.79 Å². The lowest BCUT2D eigenvalue weighted by Crippen LogP contribution is -2.47. The van der Waals surface area contributed by atoms with E-state index < -0.39 is 0 Å². The van der Waals surface area contributed by atoms with Crippen molar-refractivity contribution in [2.75, 3.05) is 44.2 Å². The van der Waals surface area contributed by atoms with Crippen LogP contribution in [0.2, 0.25) is 0 Å². The monoisotopic (exact) mass is 383 g/mol. The number of piperazine rings is 1. The molecule has 0 atom stereocenters. The maximum Gasteiger partial charge on any atom is 0.224 e. The number of nitrogens with zero attached hydrogens (tertiary/aromatic N) is 4. The first-order chi connectivity index (χ1) is 13.4. The van der Waals surface area contributed by atoms with Crippen molar-refractivity contribution in [3.05, 3.63) is 46.8 Å². The molecule has 0 aliphatic carbocycles. The van der Waals surface area contributed by atoms with Crippen LogP contribution >= 0.6 is 0 Å². The van der Waals surface area contributed by atoms with E-state index in [1.807, 2.05) is 25.6 Å². The smallest absolute Gasteiger partial charge is 0.224 e. The van der Waals surface area contributed by atoms with Crippen LogP contribution < -0.4 is 10.2 Å². The van der Waals surface area contributed by atoms with E-state index in [2.05, 4.69) is 51.4 Å². The Bertz CT molecular complexity index is 805. The number of rotatable bonds is 7. The van der Waals surface area contributed by atoms with E-state index in [0.717, 1.165) is 62.6 Å². The van der Waals surface area contributed by atoms with E-state index in [9.17, 15) is 4.79 Å². The second-order valence-electron chi connectivity index (χ2n) is 7.82. The van der Waals surface area contributed by atoms with Gasteiger partial charge in [0.25, 0.3) is 0 Å². The molecule has 0 saturated carbocycles. The van der Waals surface area contributed by atoms with Crippen LogP contribution in [0.4, 0.5) is 5.69 Å². The Kier molecular flexibility index (Phi) is 6.73. The average Bonchev–Trinajstić information content (AvgIpc) is 2.92. The molecule has 3 rings (SSSR count). The molecule has 1 aromatic heterocycles. The molecular formula is C22H33N5O. The Hall–Kier alpha value is -2.34. The van der Waals surface area contributed by atoms with Gasteiger partial charge < -0.3 is 10.2 Å². The number of carbonyl (C=O) groups is 1. The van der Waals surface area contributed by atoms with Crippen molar-refractivity contribution in [1.29, 1.82) is 0 Å². The zero-order valence-electron chi connectivity index (χ0n) is 17.7. The average molecular weight is 384 g/mol. The number of benzene rings is 1. The van der Waals surface area contributed by atoms with Crippen molar-refractivity contribution in [3.8, 4) is 0 Å². The zero-order chi connectivity index (χ0) is 20.1. The fourth-order valence-corrected chi connectivity index (χ4v) is 3.88. The van der Waals surface area contributed by atoms with Gasteiger partial charge in [0, 0.05) is 56.7 Å². The minimum atomic E-state index is 0.0865. The fourth-order valence-electron chi connectivity index (χ4n) is 3.88. The largest absolute Gasteiger partial charge is 0.369 e. The van der Waals surface area contributed by atoms with Crippen molar-refractivity contribution in [1.82, 2.24) is 20.0 Å². The fraction of sp³-hybridized carbons (Fsp3) is 0.545. The number of aromatic nitrogens is 2. The SMILES string of the molecule is Cc1cccc(N2CCN(CCCNC(=O)Cc3c(C)nn(C)c3C)CC2)c1. The quantitative estimate of drug-likeness (QED) is 0.745. The van der Waals surface area contributed by atoms with E-state index >= 15 is 0 Å². The van der Waals surface area contributed by atoms with E-state index in [1.165, 1.54) is 11.3 Å². The van der Waals surface area contributed by atoms with Gasteiger partial charge in [-0.15, -0.1) is 0 Å². The molecule has 6 nitrogen and oxygen atoms in total. The van der Waals surface area contributed by atoms with Gasteiger partial charge in [0.1, 0.15) is 0 Å². The summed E-state index contributed by atoms with van der Waals surface area (Å²) in [6.45, 7) is 12.2. The first-order valence-electron chi connectivity index (χ1n) is 10.2. The van der Waals surface area contributed by atoms with Crippen LogP contribution in [0.25, 0.3) is 0 Å². The summed E-state index contributed by atoms with van der Waals surface area (Å²) in [7, 11) is 1.92. The van der Waals surface area contributed by atoms with Gasteiger partial charge in [-0.25, -0.2) is 0 Å². The predicted octanol–water partition coefficient (Wildman–Crippen LogP) is 2.22. The van der Waals surface area contributed by atoms with E-state index in [0.29, 0.717) is 6.42 Å². The molecule has 0 spiro atoms. The van der Waals surface area contributed by atoms with Crippen LogP contribution in [-0.4, -0.2) is 59.9 Å². The maximum absolute atomic E-state index is 12.2. The first kappa shape index (κ1) is 20.4.